The van der Waals surface area contributed by atoms with Crippen LogP contribution >= 0.6 is 0 Å². The second-order valence-electron chi connectivity index (χ2n) is 4.81. The molecule has 19 heavy (non-hydrogen) atoms. The van der Waals surface area contributed by atoms with E-state index in [4.69, 9.17) is 4.52 Å². The van der Waals surface area contributed by atoms with Crippen LogP contribution in [0.25, 0.3) is 11.4 Å². The average molecular weight is 259 g/mol. The molecular formula is C15H21N3O. The lowest BCUT2D eigenvalue weighted by molar-refractivity contribution is 0.356. The zero-order valence-electron chi connectivity index (χ0n) is 11.8. The van der Waals surface area contributed by atoms with Crippen molar-refractivity contribution in [2.45, 2.75) is 39.2 Å². The fourth-order valence-corrected chi connectivity index (χ4v) is 2.18. The van der Waals surface area contributed by atoms with Crippen LogP contribution in [-0.2, 0) is 6.42 Å². The number of aryl methyl sites for hydroxylation is 1. The van der Waals surface area contributed by atoms with E-state index in [2.05, 4.69) is 35.4 Å². The number of hydrogen-bond donors (Lipinski definition) is 1. The van der Waals surface area contributed by atoms with Gasteiger partial charge in [0.15, 0.2) is 0 Å². The van der Waals surface area contributed by atoms with E-state index >= 15 is 0 Å². The van der Waals surface area contributed by atoms with E-state index in [1.807, 2.05) is 25.2 Å². The lowest BCUT2D eigenvalue weighted by atomic mass is 10.1. The summed E-state index contributed by atoms with van der Waals surface area (Å²) in [5, 5.41) is 7.36. The second kappa shape index (κ2) is 6.48. The zero-order valence-corrected chi connectivity index (χ0v) is 11.8. The van der Waals surface area contributed by atoms with Gasteiger partial charge in [0.1, 0.15) is 0 Å². The van der Waals surface area contributed by atoms with E-state index in [9.17, 15) is 0 Å². The quantitative estimate of drug-likeness (QED) is 0.866. The maximum atomic E-state index is 5.35. The number of aromatic nitrogens is 2. The smallest absolute Gasteiger partial charge is 0.228 e. The predicted octanol–water partition coefficient (Wildman–Crippen LogP) is 2.98. The third-order valence-corrected chi connectivity index (χ3v) is 3.32. The number of hydrogen-bond acceptors (Lipinski definition) is 4. The maximum absolute atomic E-state index is 5.35. The second-order valence-corrected chi connectivity index (χ2v) is 4.81. The summed E-state index contributed by atoms with van der Waals surface area (Å²) in [5.41, 5.74) is 2.20. The Morgan fingerprint density at radius 1 is 1.32 bits per heavy atom. The van der Waals surface area contributed by atoms with E-state index in [1.54, 1.807) is 0 Å². The van der Waals surface area contributed by atoms with Gasteiger partial charge in [-0.05, 0) is 26.0 Å². The minimum absolute atomic E-state index is 0.398. The number of benzene rings is 1. The number of likely N-dealkylation sites (N-methyl/N-ethyl adjacent to an activating group) is 1. The highest BCUT2D eigenvalue weighted by Crippen LogP contribution is 2.20. The zero-order chi connectivity index (χ0) is 13.7. The van der Waals surface area contributed by atoms with Crippen LogP contribution < -0.4 is 5.32 Å². The Bertz CT molecular complexity index is 522. The van der Waals surface area contributed by atoms with Crippen molar-refractivity contribution in [3.63, 3.8) is 0 Å². The maximum Gasteiger partial charge on any atom is 0.228 e. The average Bonchev–Trinajstić information content (AvgIpc) is 2.87. The molecule has 4 nitrogen and oxygen atoms in total. The molecule has 0 saturated carbocycles. The molecule has 2 rings (SSSR count). The fraction of sp³-hybridized carbons (Fsp3) is 0.467. The van der Waals surface area contributed by atoms with Gasteiger partial charge in [0.2, 0.25) is 11.7 Å². The van der Waals surface area contributed by atoms with Crippen molar-refractivity contribution >= 4 is 0 Å². The van der Waals surface area contributed by atoms with Gasteiger partial charge >= 0.3 is 0 Å². The molecule has 1 atom stereocenters. The van der Waals surface area contributed by atoms with Crippen molar-refractivity contribution < 1.29 is 4.52 Å². The summed E-state index contributed by atoms with van der Waals surface area (Å²) in [7, 11) is 1.97. The molecule has 102 valence electrons. The molecule has 0 bridgehead atoms. The normalized spacial score (nSPS) is 12.6. The Kier molecular flexibility index (Phi) is 4.68. The van der Waals surface area contributed by atoms with E-state index < -0.39 is 0 Å². The monoisotopic (exact) mass is 259 g/mol. The minimum atomic E-state index is 0.398. The van der Waals surface area contributed by atoms with Crippen LogP contribution in [0, 0.1) is 6.92 Å². The lowest BCUT2D eigenvalue weighted by Crippen LogP contribution is -2.27. The molecule has 0 fully saturated rings. The molecular weight excluding hydrogens is 238 g/mol. The first-order chi connectivity index (χ1) is 9.24. The molecule has 1 heterocycles. The van der Waals surface area contributed by atoms with Gasteiger partial charge in [-0.2, -0.15) is 4.98 Å². The van der Waals surface area contributed by atoms with Crippen LogP contribution in [0.1, 0.15) is 31.2 Å². The highest BCUT2D eigenvalue weighted by molar-refractivity contribution is 5.58. The van der Waals surface area contributed by atoms with Gasteiger partial charge in [-0.25, -0.2) is 0 Å². The highest BCUT2D eigenvalue weighted by atomic mass is 16.5. The summed E-state index contributed by atoms with van der Waals surface area (Å²) in [6, 6.07) is 8.48. The van der Waals surface area contributed by atoms with Gasteiger partial charge in [-0.3, -0.25) is 0 Å². The minimum Gasteiger partial charge on any atom is -0.339 e. The van der Waals surface area contributed by atoms with Crippen LogP contribution in [0.2, 0.25) is 0 Å². The van der Waals surface area contributed by atoms with Gasteiger partial charge < -0.3 is 9.84 Å². The summed E-state index contributed by atoms with van der Waals surface area (Å²) in [4.78, 5) is 4.49. The van der Waals surface area contributed by atoms with Crippen LogP contribution in [0.5, 0.6) is 0 Å². The Morgan fingerprint density at radius 3 is 2.79 bits per heavy atom. The van der Waals surface area contributed by atoms with Gasteiger partial charge in [0.05, 0.1) is 0 Å². The molecule has 0 aliphatic rings. The number of nitrogens with zero attached hydrogens (tertiary/aromatic N) is 2. The molecule has 1 aromatic heterocycles. The molecule has 0 spiro atoms. The van der Waals surface area contributed by atoms with Gasteiger partial charge in [0.25, 0.3) is 0 Å². The Morgan fingerprint density at radius 2 is 2.11 bits per heavy atom. The molecule has 1 aromatic carbocycles. The first kappa shape index (κ1) is 13.7. The van der Waals surface area contributed by atoms with Crippen LogP contribution in [0.15, 0.2) is 28.8 Å². The van der Waals surface area contributed by atoms with Crippen molar-refractivity contribution in [1.29, 1.82) is 0 Å². The number of nitrogens with one attached hydrogen (secondary N) is 1. The largest absolute Gasteiger partial charge is 0.339 e. The van der Waals surface area contributed by atoms with Crippen molar-refractivity contribution in [3.8, 4) is 11.4 Å². The summed E-state index contributed by atoms with van der Waals surface area (Å²) in [6.45, 7) is 4.23. The molecule has 0 radical (unpaired) electrons. The Balaban J connectivity index is 2.13. The first-order valence-corrected chi connectivity index (χ1v) is 6.80. The van der Waals surface area contributed by atoms with Crippen LogP contribution in [0.4, 0.5) is 0 Å². The Labute approximate surface area is 114 Å². The summed E-state index contributed by atoms with van der Waals surface area (Å²) < 4.78 is 5.35. The molecule has 2 aromatic rings. The van der Waals surface area contributed by atoms with Crippen LogP contribution in [-0.4, -0.2) is 23.2 Å². The van der Waals surface area contributed by atoms with E-state index in [0.717, 1.165) is 30.4 Å². The topological polar surface area (TPSA) is 51.0 Å². The summed E-state index contributed by atoms with van der Waals surface area (Å²) in [5.74, 6) is 1.38. The van der Waals surface area contributed by atoms with Gasteiger partial charge in [0, 0.05) is 18.0 Å². The van der Waals surface area contributed by atoms with E-state index in [0.29, 0.717) is 17.8 Å². The molecule has 1 unspecified atom stereocenters. The van der Waals surface area contributed by atoms with Gasteiger partial charge in [-0.1, -0.05) is 42.8 Å². The number of rotatable bonds is 6. The molecule has 0 aliphatic heterocycles. The van der Waals surface area contributed by atoms with Crippen molar-refractivity contribution in [2.24, 2.45) is 0 Å². The van der Waals surface area contributed by atoms with Crippen molar-refractivity contribution in [3.05, 3.63) is 35.7 Å². The summed E-state index contributed by atoms with van der Waals surface area (Å²) >= 11 is 0. The molecule has 0 aliphatic carbocycles. The molecule has 4 heteroatoms. The molecule has 1 N–H and O–H groups in total. The van der Waals surface area contributed by atoms with Crippen molar-refractivity contribution in [2.75, 3.05) is 7.05 Å². The van der Waals surface area contributed by atoms with Crippen molar-refractivity contribution in [1.82, 2.24) is 15.5 Å². The molecule has 0 amide bonds. The SMILES string of the molecule is CCCC(Cc1nc(-c2ccccc2C)no1)NC. The van der Waals surface area contributed by atoms with Crippen LogP contribution in [0.3, 0.4) is 0 Å². The first-order valence-electron chi connectivity index (χ1n) is 6.80. The third-order valence-electron chi connectivity index (χ3n) is 3.32. The van der Waals surface area contributed by atoms with E-state index in [-0.39, 0.29) is 0 Å². The van der Waals surface area contributed by atoms with E-state index in [1.165, 1.54) is 0 Å². The lowest BCUT2D eigenvalue weighted by Gasteiger charge is -2.11. The summed E-state index contributed by atoms with van der Waals surface area (Å²) in [6.07, 6.45) is 3.03. The van der Waals surface area contributed by atoms with Gasteiger partial charge in [-0.15, -0.1) is 0 Å². The fourth-order valence-electron chi connectivity index (χ4n) is 2.18. The standard InChI is InChI=1S/C15H21N3O/c1-4-7-12(16-3)10-14-17-15(18-19-14)13-9-6-5-8-11(13)2/h5-6,8-9,12,16H,4,7,10H2,1-3H3. The predicted molar refractivity (Wildman–Crippen MR) is 75.9 cm³/mol. The Hall–Kier alpha value is -1.68. The highest BCUT2D eigenvalue weighted by Gasteiger charge is 2.14. The molecule has 0 saturated heterocycles. The third kappa shape index (κ3) is 3.41.